The maximum Gasteiger partial charge on any atom is 0.433 e. The highest BCUT2D eigenvalue weighted by atomic mass is 19.4. The first-order chi connectivity index (χ1) is 12.5. The van der Waals surface area contributed by atoms with Crippen LogP contribution < -0.4 is 14.4 Å². The van der Waals surface area contributed by atoms with Crippen LogP contribution >= 0.6 is 0 Å². The lowest BCUT2D eigenvalue weighted by atomic mass is 9.99. The van der Waals surface area contributed by atoms with E-state index in [9.17, 15) is 13.2 Å². The molecule has 1 saturated heterocycles. The predicted octanol–water partition coefficient (Wildman–Crippen LogP) is 3.19. The lowest BCUT2D eigenvalue weighted by Gasteiger charge is -2.32. The summed E-state index contributed by atoms with van der Waals surface area (Å²) in [4.78, 5) is 13.9. The van der Waals surface area contributed by atoms with Crippen LogP contribution in [0.1, 0.15) is 18.5 Å². The van der Waals surface area contributed by atoms with E-state index in [0.29, 0.717) is 24.8 Å². The molecule has 1 aliphatic rings. The molecule has 0 saturated carbocycles. The minimum absolute atomic E-state index is 0.171. The van der Waals surface area contributed by atoms with E-state index in [2.05, 4.69) is 15.0 Å². The maximum absolute atomic E-state index is 12.7. The number of rotatable bonds is 5. The molecule has 1 fully saturated rings. The average molecular weight is 368 g/mol. The van der Waals surface area contributed by atoms with Gasteiger partial charge in [0.15, 0.2) is 5.75 Å². The molecule has 0 bridgehead atoms. The van der Waals surface area contributed by atoms with Gasteiger partial charge in [0.25, 0.3) is 0 Å². The second kappa shape index (κ2) is 7.76. The van der Waals surface area contributed by atoms with Gasteiger partial charge in [-0.1, -0.05) is 0 Å². The molecule has 140 valence electrons. The van der Waals surface area contributed by atoms with Crippen LogP contribution in [0.25, 0.3) is 0 Å². The molecule has 2 aromatic heterocycles. The molecule has 2 aromatic rings. The van der Waals surface area contributed by atoms with Crippen molar-refractivity contribution in [3.8, 4) is 11.5 Å². The van der Waals surface area contributed by atoms with Gasteiger partial charge in [-0.15, -0.1) is 0 Å². The molecule has 9 heteroatoms. The third-order valence-electron chi connectivity index (χ3n) is 4.16. The Kier molecular flexibility index (Phi) is 5.43. The molecule has 0 aromatic carbocycles. The molecule has 0 aliphatic carbocycles. The summed E-state index contributed by atoms with van der Waals surface area (Å²) < 4.78 is 48.7. The van der Waals surface area contributed by atoms with E-state index in [0.717, 1.165) is 31.6 Å². The summed E-state index contributed by atoms with van der Waals surface area (Å²) in [5.41, 5.74) is -0.952. The van der Waals surface area contributed by atoms with Crippen LogP contribution in [0, 0.1) is 5.92 Å². The standard InChI is InChI=1S/C17H19F3N4O2/c1-25-14-8-22-16(23-9-14)24-6-2-3-12(10-24)11-26-13-4-5-21-15(7-13)17(18,19)20/h4-5,7-9,12H,2-3,6,10-11H2,1H3. The quantitative estimate of drug-likeness (QED) is 0.808. The average Bonchev–Trinajstić information content (AvgIpc) is 2.66. The lowest BCUT2D eigenvalue weighted by Crippen LogP contribution is -2.38. The topological polar surface area (TPSA) is 60.4 Å². The highest BCUT2D eigenvalue weighted by Gasteiger charge is 2.32. The fourth-order valence-corrected chi connectivity index (χ4v) is 2.83. The normalized spacial score (nSPS) is 17.8. The van der Waals surface area contributed by atoms with Crippen LogP contribution in [0.2, 0.25) is 0 Å². The van der Waals surface area contributed by atoms with E-state index in [1.54, 1.807) is 19.5 Å². The number of ether oxygens (including phenoxy) is 2. The third-order valence-corrected chi connectivity index (χ3v) is 4.16. The Bertz CT molecular complexity index is 725. The van der Waals surface area contributed by atoms with E-state index in [4.69, 9.17) is 9.47 Å². The Balaban J connectivity index is 1.58. The molecule has 0 amide bonds. The first-order valence-electron chi connectivity index (χ1n) is 8.23. The van der Waals surface area contributed by atoms with Crippen molar-refractivity contribution in [3.05, 3.63) is 36.4 Å². The number of piperidine rings is 1. The van der Waals surface area contributed by atoms with Gasteiger partial charge in [0.05, 0.1) is 26.1 Å². The first-order valence-corrected chi connectivity index (χ1v) is 8.23. The Morgan fingerprint density at radius 2 is 1.96 bits per heavy atom. The largest absolute Gasteiger partial charge is 0.494 e. The van der Waals surface area contributed by atoms with Gasteiger partial charge in [0, 0.05) is 31.3 Å². The molecule has 26 heavy (non-hydrogen) atoms. The number of hydrogen-bond acceptors (Lipinski definition) is 6. The fraction of sp³-hybridized carbons (Fsp3) is 0.471. The predicted molar refractivity (Wildman–Crippen MR) is 88.3 cm³/mol. The van der Waals surface area contributed by atoms with E-state index in [1.807, 2.05) is 4.90 Å². The number of hydrogen-bond donors (Lipinski definition) is 0. The van der Waals surface area contributed by atoms with Gasteiger partial charge in [-0.25, -0.2) is 9.97 Å². The number of halogens is 3. The molecule has 3 heterocycles. The van der Waals surface area contributed by atoms with Crippen molar-refractivity contribution in [2.24, 2.45) is 5.92 Å². The highest BCUT2D eigenvalue weighted by molar-refractivity contribution is 5.32. The zero-order valence-electron chi connectivity index (χ0n) is 14.2. The summed E-state index contributed by atoms with van der Waals surface area (Å²) in [7, 11) is 1.55. The SMILES string of the molecule is COc1cnc(N2CCCC(COc3ccnc(C(F)(F)F)c3)C2)nc1. The second-order valence-corrected chi connectivity index (χ2v) is 6.06. The van der Waals surface area contributed by atoms with Gasteiger partial charge < -0.3 is 14.4 Å². The van der Waals surface area contributed by atoms with Crippen LogP contribution in [0.3, 0.4) is 0 Å². The summed E-state index contributed by atoms with van der Waals surface area (Å²) in [5.74, 6) is 1.55. The van der Waals surface area contributed by atoms with E-state index in [1.165, 1.54) is 6.07 Å². The van der Waals surface area contributed by atoms with Crippen molar-refractivity contribution in [1.29, 1.82) is 0 Å². The Morgan fingerprint density at radius 1 is 1.19 bits per heavy atom. The number of anilines is 1. The second-order valence-electron chi connectivity index (χ2n) is 6.06. The number of pyridine rings is 1. The molecule has 0 radical (unpaired) electrons. The van der Waals surface area contributed by atoms with Crippen LogP contribution in [0.4, 0.5) is 19.1 Å². The zero-order chi connectivity index (χ0) is 18.6. The molecule has 6 nitrogen and oxygen atoms in total. The van der Waals surface area contributed by atoms with Gasteiger partial charge in [-0.05, 0) is 18.9 Å². The van der Waals surface area contributed by atoms with Crippen LogP contribution in [0.15, 0.2) is 30.7 Å². The Labute approximate surface area is 149 Å². The van der Waals surface area contributed by atoms with Gasteiger partial charge in [-0.3, -0.25) is 4.98 Å². The van der Waals surface area contributed by atoms with Gasteiger partial charge >= 0.3 is 6.18 Å². The number of aromatic nitrogens is 3. The van der Waals surface area contributed by atoms with Crippen LogP contribution in [0.5, 0.6) is 11.5 Å². The summed E-state index contributed by atoms with van der Waals surface area (Å²) >= 11 is 0. The van der Waals surface area contributed by atoms with Crippen molar-refractivity contribution in [2.45, 2.75) is 19.0 Å². The number of methoxy groups -OCH3 is 1. The maximum atomic E-state index is 12.7. The van der Waals surface area contributed by atoms with Crippen molar-refractivity contribution in [1.82, 2.24) is 15.0 Å². The molecule has 3 rings (SSSR count). The van der Waals surface area contributed by atoms with Crippen molar-refractivity contribution >= 4 is 5.95 Å². The summed E-state index contributed by atoms with van der Waals surface area (Å²) in [6, 6.07) is 2.36. The van der Waals surface area contributed by atoms with Crippen LogP contribution in [-0.4, -0.2) is 41.8 Å². The Hall–Kier alpha value is -2.58. The van der Waals surface area contributed by atoms with Crippen molar-refractivity contribution in [3.63, 3.8) is 0 Å². The summed E-state index contributed by atoms with van der Waals surface area (Å²) in [6.07, 6.45) is 1.72. The molecule has 0 N–H and O–H groups in total. The van der Waals surface area contributed by atoms with Gasteiger partial charge in [0.2, 0.25) is 5.95 Å². The minimum Gasteiger partial charge on any atom is -0.494 e. The summed E-state index contributed by atoms with van der Waals surface area (Å²) in [6.45, 7) is 1.84. The Morgan fingerprint density at radius 3 is 2.65 bits per heavy atom. The third kappa shape index (κ3) is 4.53. The van der Waals surface area contributed by atoms with Crippen molar-refractivity contribution < 1.29 is 22.6 Å². The molecular formula is C17H19F3N4O2. The van der Waals surface area contributed by atoms with Crippen molar-refractivity contribution in [2.75, 3.05) is 31.7 Å². The highest BCUT2D eigenvalue weighted by Crippen LogP contribution is 2.30. The lowest BCUT2D eigenvalue weighted by molar-refractivity contribution is -0.141. The summed E-state index contributed by atoms with van der Waals surface area (Å²) in [5, 5.41) is 0. The van der Waals surface area contributed by atoms with Gasteiger partial charge in [0.1, 0.15) is 11.4 Å². The number of alkyl halides is 3. The van der Waals surface area contributed by atoms with E-state index in [-0.39, 0.29) is 11.7 Å². The van der Waals surface area contributed by atoms with Gasteiger partial charge in [-0.2, -0.15) is 13.2 Å². The van der Waals surface area contributed by atoms with E-state index < -0.39 is 11.9 Å². The molecule has 0 spiro atoms. The molecule has 1 unspecified atom stereocenters. The molecular weight excluding hydrogens is 349 g/mol. The fourth-order valence-electron chi connectivity index (χ4n) is 2.83. The van der Waals surface area contributed by atoms with E-state index >= 15 is 0 Å². The van der Waals surface area contributed by atoms with Crippen LogP contribution in [-0.2, 0) is 6.18 Å². The minimum atomic E-state index is -4.48. The smallest absolute Gasteiger partial charge is 0.433 e. The first kappa shape index (κ1) is 18.2. The number of nitrogens with zero attached hydrogens (tertiary/aromatic N) is 4. The molecule has 1 atom stereocenters. The molecule has 1 aliphatic heterocycles. The zero-order valence-corrected chi connectivity index (χ0v) is 14.2. The monoisotopic (exact) mass is 368 g/mol.